The third-order valence-electron chi connectivity index (χ3n) is 1.34. The SMILES string of the molecule is C=ICCN1C(=O)C=CC1=O. The highest BCUT2D eigenvalue weighted by atomic mass is 127. The van der Waals surface area contributed by atoms with Gasteiger partial charge in [-0.25, -0.2) is 0 Å². The molecule has 0 radical (unpaired) electrons. The summed E-state index contributed by atoms with van der Waals surface area (Å²) in [6.07, 6.45) is 2.62. The van der Waals surface area contributed by atoms with Crippen LogP contribution in [0.25, 0.3) is 0 Å². The highest BCUT2D eigenvalue weighted by Gasteiger charge is 2.21. The van der Waals surface area contributed by atoms with Crippen molar-refractivity contribution in [3.8, 4) is 0 Å². The van der Waals surface area contributed by atoms with Gasteiger partial charge in [0.15, 0.2) is 0 Å². The Kier molecular flexibility index (Phi) is 2.92. The van der Waals surface area contributed by atoms with Gasteiger partial charge in [0.2, 0.25) is 0 Å². The molecule has 1 rings (SSSR count). The average Bonchev–Trinajstić information content (AvgIpc) is 2.29. The number of carbonyl (C=O) groups is 2. The molecule has 0 N–H and O–H groups in total. The van der Waals surface area contributed by atoms with Crippen LogP contribution in [0.4, 0.5) is 0 Å². The monoisotopic (exact) mass is 265 g/mol. The predicted molar refractivity (Wildman–Crippen MR) is 51.9 cm³/mol. The summed E-state index contributed by atoms with van der Waals surface area (Å²) in [5.41, 5.74) is 0. The van der Waals surface area contributed by atoms with Gasteiger partial charge >= 0.3 is 0 Å². The topological polar surface area (TPSA) is 37.4 Å². The molecule has 3 nitrogen and oxygen atoms in total. The zero-order valence-corrected chi connectivity index (χ0v) is 8.08. The zero-order valence-electron chi connectivity index (χ0n) is 5.92. The minimum absolute atomic E-state index is 0.0734. The molecule has 1 aliphatic rings. The van der Waals surface area contributed by atoms with Crippen LogP contribution in [0.5, 0.6) is 0 Å². The molecule has 11 heavy (non-hydrogen) atoms. The molecule has 0 aliphatic carbocycles. The fourth-order valence-corrected chi connectivity index (χ4v) is 1.62. The molecule has 60 valence electrons. The molecular formula is C7H8INO2. The summed E-state index contributed by atoms with van der Waals surface area (Å²) in [6.45, 7) is 0.543. The lowest BCUT2D eigenvalue weighted by molar-refractivity contribution is -0.136. The fourth-order valence-electron chi connectivity index (χ4n) is 0.796. The summed E-state index contributed by atoms with van der Waals surface area (Å²) in [7, 11) is 0. The molecule has 0 aromatic rings. The molecule has 2 amide bonds. The number of carbonyl (C=O) groups excluding carboxylic acids is 2. The number of amides is 2. The number of hydrogen-bond acceptors (Lipinski definition) is 2. The third kappa shape index (κ3) is 1.95. The summed E-state index contributed by atoms with van der Waals surface area (Å²) in [5.74, 6) is -0.375. The maximum atomic E-state index is 10.9. The van der Waals surface area contributed by atoms with E-state index in [0.717, 1.165) is 4.43 Å². The first kappa shape index (κ1) is 8.58. The molecule has 0 spiro atoms. The summed E-state index contributed by atoms with van der Waals surface area (Å²) >= 11 is -0.0734. The second-order valence-electron chi connectivity index (χ2n) is 2.04. The predicted octanol–water partition coefficient (Wildman–Crippen LogP) is 0.314. The number of alkyl halides is 1. The lowest BCUT2D eigenvalue weighted by atomic mass is 10.5. The molecule has 0 saturated carbocycles. The van der Waals surface area contributed by atoms with E-state index in [1.807, 2.05) is 0 Å². The number of nitrogens with zero attached hydrogens (tertiary/aromatic N) is 1. The van der Waals surface area contributed by atoms with E-state index in [1.54, 1.807) is 0 Å². The van der Waals surface area contributed by atoms with E-state index in [1.165, 1.54) is 17.1 Å². The second-order valence-corrected chi connectivity index (χ2v) is 4.20. The number of hydrogen-bond donors (Lipinski definition) is 0. The Labute approximate surface area is 74.8 Å². The molecule has 0 aromatic carbocycles. The van der Waals surface area contributed by atoms with Gasteiger partial charge in [0.1, 0.15) is 0 Å². The minimum Gasteiger partial charge on any atom is -0.275 e. The first-order chi connectivity index (χ1) is 5.25. The largest absolute Gasteiger partial charge is 0.275 e. The molecule has 0 atom stereocenters. The van der Waals surface area contributed by atoms with Crippen molar-refractivity contribution in [1.29, 1.82) is 0 Å². The number of halogens is 1. The summed E-state index contributed by atoms with van der Waals surface area (Å²) in [5, 5.41) is 0. The van der Waals surface area contributed by atoms with Crippen molar-refractivity contribution in [1.82, 2.24) is 4.90 Å². The van der Waals surface area contributed by atoms with Crippen molar-refractivity contribution in [3.63, 3.8) is 0 Å². The Morgan fingerprint density at radius 1 is 1.36 bits per heavy atom. The molecule has 0 aromatic heterocycles. The van der Waals surface area contributed by atoms with Crippen molar-refractivity contribution in [2.45, 2.75) is 0 Å². The minimum atomic E-state index is -0.188. The summed E-state index contributed by atoms with van der Waals surface area (Å²) in [6, 6.07) is 0. The summed E-state index contributed by atoms with van der Waals surface area (Å²) in [4.78, 5) is 23.1. The maximum absolute atomic E-state index is 10.9. The molecule has 0 bridgehead atoms. The van der Waals surface area contributed by atoms with Gasteiger partial charge in [0.25, 0.3) is 11.8 Å². The zero-order chi connectivity index (χ0) is 8.27. The van der Waals surface area contributed by atoms with Crippen LogP contribution in [0.3, 0.4) is 0 Å². The van der Waals surface area contributed by atoms with E-state index >= 15 is 0 Å². The van der Waals surface area contributed by atoms with E-state index in [-0.39, 0.29) is 32.5 Å². The quantitative estimate of drug-likeness (QED) is 0.418. The Morgan fingerprint density at radius 3 is 2.36 bits per heavy atom. The molecular weight excluding hydrogens is 257 g/mol. The van der Waals surface area contributed by atoms with Gasteiger partial charge in [-0.1, -0.05) is 4.51 Å². The maximum Gasteiger partial charge on any atom is 0.253 e. The van der Waals surface area contributed by atoms with Crippen molar-refractivity contribution >= 4 is 37.1 Å². The van der Waals surface area contributed by atoms with E-state index < -0.39 is 0 Å². The average molecular weight is 265 g/mol. The number of imide groups is 1. The molecule has 1 heterocycles. The Balaban J connectivity index is 2.52. The highest BCUT2D eigenvalue weighted by molar-refractivity contribution is 14.2. The first-order valence-corrected chi connectivity index (χ1v) is 6.17. The van der Waals surface area contributed by atoms with Gasteiger partial charge in [0, 0.05) is 23.1 Å². The molecule has 1 aliphatic heterocycles. The van der Waals surface area contributed by atoms with Gasteiger partial charge < -0.3 is 0 Å². The highest BCUT2D eigenvalue weighted by Crippen LogP contribution is 2.04. The van der Waals surface area contributed by atoms with Crippen molar-refractivity contribution in [3.05, 3.63) is 12.2 Å². The molecule has 0 saturated heterocycles. The molecule has 0 fully saturated rings. The fraction of sp³-hybridized carbons (Fsp3) is 0.286. The van der Waals surface area contributed by atoms with Crippen LogP contribution in [0, 0.1) is 0 Å². The molecule has 0 unspecified atom stereocenters. The van der Waals surface area contributed by atoms with E-state index in [2.05, 4.69) is 4.51 Å². The lowest BCUT2D eigenvalue weighted by Gasteiger charge is -2.10. The second kappa shape index (κ2) is 3.75. The van der Waals surface area contributed by atoms with E-state index in [9.17, 15) is 9.59 Å². The standard InChI is InChI=1S/C7H8INO2/c1-8-4-5-9-6(10)2-3-7(9)11/h2-3H,1,4-5H2. The Morgan fingerprint density at radius 2 is 1.91 bits per heavy atom. The van der Waals surface area contributed by atoms with Gasteiger partial charge in [-0.3, -0.25) is 14.5 Å². The van der Waals surface area contributed by atoms with E-state index in [4.69, 9.17) is 0 Å². The van der Waals surface area contributed by atoms with E-state index in [0.29, 0.717) is 6.54 Å². The van der Waals surface area contributed by atoms with Crippen molar-refractivity contribution in [2.24, 2.45) is 0 Å². The molecule has 4 heteroatoms. The Hall–Kier alpha value is -0.520. The normalized spacial score (nSPS) is 16.5. The third-order valence-corrected chi connectivity index (χ3v) is 2.59. The van der Waals surface area contributed by atoms with Crippen molar-refractivity contribution < 1.29 is 9.59 Å². The summed E-state index contributed by atoms with van der Waals surface area (Å²) < 4.78 is 4.62. The Bertz CT molecular complexity index is 217. The van der Waals surface area contributed by atoms with Gasteiger partial charge in [-0.05, 0) is 0 Å². The van der Waals surface area contributed by atoms with Crippen LogP contribution in [0.15, 0.2) is 12.2 Å². The van der Waals surface area contributed by atoms with Crippen LogP contribution >= 0.6 is 20.7 Å². The van der Waals surface area contributed by atoms with Crippen molar-refractivity contribution in [2.75, 3.05) is 11.0 Å². The first-order valence-electron chi connectivity index (χ1n) is 3.12. The van der Waals surface area contributed by atoms with Crippen LogP contribution in [-0.4, -0.2) is 32.2 Å². The van der Waals surface area contributed by atoms with Gasteiger partial charge in [0.05, 0.1) is 0 Å². The van der Waals surface area contributed by atoms with Crippen LogP contribution in [0.2, 0.25) is 0 Å². The van der Waals surface area contributed by atoms with Crippen LogP contribution < -0.4 is 0 Å². The smallest absolute Gasteiger partial charge is 0.253 e. The van der Waals surface area contributed by atoms with Crippen LogP contribution in [-0.2, 0) is 9.59 Å². The van der Waals surface area contributed by atoms with Gasteiger partial charge in [-0.15, -0.1) is 20.7 Å². The lowest BCUT2D eigenvalue weighted by Crippen LogP contribution is -2.31. The number of rotatable bonds is 3. The van der Waals surface area contributed by atoms with Gasteiger partial charge in [-0.2, -0.15) is 0 Å². The van der Waals surface area contributed by atoms with Crippen LogP contribution in [0.1, 0.15) is 0 Å².